The molecule has 1 unspecified atom stereocenters. The standard InChI is InChI=1S/C24H29NO6/c1-6-7-12-25(2)14-17-18(26)10-9-16-21(27)20(31-23(16)17)13-15-8-11-19(28-3)24(30-5)22(15)29-4/h8-11,13,26H,6-7,12,14H2,1-5H3/p+1/b20-13-. The zero-order chi connectivity index (χ0) is 22.5. The van der Waals surface area contributed by atoms with E-state index in [0.717, 1.165) is 19.4 Å². The lowest BCUT2D eigenvalue weighted by Gasteiger charge is -2.16. The number of allylic oxidation sites excluding steroid dienone is 1. The topological polar surface area (TPSA) is 78.7 Å². The predicted octanol–water partition coefficient (Wildman–Crippen LogP) is 2.85. The van der Waals surface area contributed by atoms with Gasteiger partial charge >= 0.3 is 0 Å². The van der Waals surface area contributed by atoms with Gasteiger partial charge in [-0.3, -0.25) is 4.79 Å². The maximum atomic E-state index is 13.0. The van der Waals surface area contributed by atoms with Crippen molar-refractivity contribution in [2.24, 2.45) is 0 Å². The third-order valence-corrected chi connectivity index (χ3v) is 5.37. The Balaban J connectivity index is 1.98. The first kappa shape index (κ1) is 22.5. The maximum Gasteiger partial charge on any atom is 0.231 e. The highest BCUT2D eigenvalue weighted by Gasteiger charge is 2.32. The molecule has 0 saturated carbocycles. The monoisotopic (exact) mass is 428 g/mol. The van der Waals surface area contributed by atoms with Crippen LogP contribution in [0.4, 0.5) is 0 Å². The van der Waals surface area contributed by atoms with Crippen LogP contribution in [0.5, 0.6) is 28.7 Å². The number of hydrogen-bond donors (Lipinski definition) is 2. The summed E-state index contributed by atoms with van der Waals surface area (Å²) in [6, 6.07) is 6.67. The number of methoxy groups -OCH3 is 3. The van der Waals surface area contributed by atoms with Gasteiger partial charge in [0, 0.05) is 5.56 Å². The first-order valence-corrected chi connectivity index (χ1v) is 10.3. The van der Waals surface area contributed by atoms with Gasteiger partial charge in [0.15, 0.2) is 23.0 Å². The van der Waals surface area contributed by atoms with Crippen molar-refractivity contribution in [1.82, 2.24) is 0 Å². The molecule has 2 aromatic rings. The van der Waals surface area contributed by atoms with Gasteiger partial charge in [0.1, 0.15) is 12.3 Å². The summed E-state index contributed by atoms with van der Waals surface area (Å²) in [6.07, 6.45) is 3.81. The average Bonchev–Trinajstić information content (AvgIpc) is 3.09. The van der Waals surface area contributed by atoms with Crippen molar-refractivity contribution in [3.63, 3.8) is 0 Å². The Labute approximate surface area is 182 Å². The van der Waals surface area contributed by atoms with Crippen LogP contribution in [0, 0.1) is 0 Å². The lowest BCUT2D eigenvalue weighted by atomic mass is 10.0. The number of Topliss-reactive ketones (excluding diaryl/α,β-unsaturated/α-hetero) is 1. The van der Waals surface area contributed by atoms with Crippen molar-refractivity contribution < 1.29 is 33.7 Å². The van der Waals surface area contributed by atoms with Gasteiger partial charge in [-0.05, 0) is 36.8 Å². The Kier molecular flexibility index (Phi) is 7.07. The Bertz CT molecular complexity index is 998. The molecule has 2 aromatic carbocycles. The summed E-state index contributed by atoms with van der Waals surface area (Å²) in [7, 11) is 6.66. The van der Waals surface area contributed by atoms with Crippen molar-refractivity contribution in [2.45, 2.75) is 26.3 Å². The Morgan fingerprint density at radius 1 is 1.06 bits per heavy atom. The van der Waals surface area contributed by atoms with Crippen molar-refractivity contribution >= 4 is 11.9 Å². The van der Waals surface area contributed by atoms with E-state index in [2.05, 4.69) is 14.0 Å². The molecule has 2 N–H and O–H groups in total. The quantitative estimate of drug-likeness (QED) is 0.598. The number of carbonyl (C=O) groups is 1. The molecule has 0 saturated heterocycles. The predicted molar refractivity (Wildman–Crippen MR) is 118 cm³/mol. The Morgan fingerprint density at radius 2 is 1.81 bits per heavy atom. The molecular formula is C24H30NO6+. The van der Waals surface area contributed by atoms with E-state index in [4.69, 9.17) is 18.9 Å². The molecule has 0 spiro atoms. The average molecular weight is 429 g/mol. The molecule has 7 heteroatoms. The van der Waals surface area contributed by atoms with Gasteiger partial charge in [-0.25, -0.2) is 0 Å². The number of aromatic hydroxyl groups is 1. The summed E-state index contributed by atoms with van der Waals surface area (Å²) >= 11 is 0. The van der Waals surface area contributed by atoms with Crippen LogP contribution in [0.3, 0.4) is 0 Å². The van der Waals surface area contributed by atoms with Gasteiger partial charge in [-0.15, -0.1) is 0 Å². The van der Waals surface area contributed by atoms with Gasteiger partial charge in [0.05, 0.1) is 46.0 Å². The molecule has 1 aliphatic heterocycles. The number of fused-ring (bicyclic) bond motifs is 1. The lowest BCUT2D eigenvalue weighted by Crippen LogP contribution is -3.07. The highest BCUT2D eigenvalue weighted by Crippen LogP contribution is 2.43. The minimum atomic E-state index is -0.237. The van der Waals surface area contributed by atoms with Gasteiger partial charge < -0.3 is 29.0 Å². The van der Waals surface area contributed by atoms with Crippen LogP contribution in [0.1, 0.15) is 41.3 Å². The largest absolute Gasteiger partial charge is 0.507 e. The van der Waals surface area contributed by atoms with Crippen LogP contribution in [0.25, 0.3) is 6.08 Å². The van der Waals surface area contributed by atoms with Gasteiger partial charge in [0.25, 0.3) is 0 Å². The highest BCUT2D eigenvalue weighted by molar-refractivity contribution is 6.15. The number of ketones is 1. The smallest absolute Gasteiger partial charge is 0.231 e. The molecule has 3 rings (SSSR count). The minimum absolute atomic E-state index is 0.132. The molecular weight excluding hydrogens is 398 g/mol. The fourth-order valence-corrected chi connectivity index (χ4v) is 3.72. The number of phenols is 1. The fraction of sp³-hybridized carbons (Fsp3) is 0.375. The fourth-order valence-electron chi connectivity index (χ4n) is 3.72. The first-order chi connectivity index (χ1) is 14.9. The van der Waals surface area contributed by atoms with Gasteiger partial charge in [-0.1, -0.05) is 13.3 Å². The number of unbranched alkanes of at least 4 members (excludes halogenated alkanes) is 1. The third-order valence-electron chi connectivity index (χ3n) is 5.37. The van der Waals surface area contributed by atoms with Crippen LogP contribution in [0.2, 0.25) is 0 Å². The molecule has 7 nitrogen and oxygen atoms in total. The van der Waals surface area contributed by atoms with Crippen LogP contribution in [0.15, 0.2) is 30.0 Å². The summed E-state index contributed by atoms with van der Waals surface area (Å²) < 4.78 is 22.2. The van der Waals surface area contributed by atoms with E-state index in [0.29, 0.717) is 46.2 Å². The summed E-state index contributed by atoms with van der Waals surface area (Å²) in [5, 5.41) is 10.4. The third kappa shape index (κ3) is 4.46. The highest BCUT2D eigenvalue weighted by atomic mass is 16.5. The Morgan fingerprint density at radius 3 is 2.45 bits per heavy atom. The molecule has 0 radical (unpaired) electrons. The summed E-state index contributed by atoms with van der Waals surface area (Å²) in [6.45, 7) is 3.68. The molecule has 31 heavy (non-hydrogen) atoms. The van der Waals surface area contributed by atoms with Gasteiger partial charge in [0.2, 0.25) is 11.5 Å². The van der Waals surface area contributed by atoms with E-state index < -0.39 is 0 Å². The zero-order valence-electron chi connectivity index (χ0n) is 18.7. The number of nitrogens with one attached hydrogen (secondary N) is 1. The number of phenolic OH excluding ortho intramolecular Hbond substituents is 1. The molecule has 1 aliphatic rings. The first-order valence-electron chi connectivity index (χ1n) is 10.3. The molecule has 0 fully saturated rings. The number of benzene rings is 2. The van der Waals surface area contributed by atoms with E-state index in [-0.39, 0.29) is 17.3 Å². The van der Waals surface area contributed by atoms with Gasteiger partial charge in [-0.2, -0.15) is 0 Å². The second-order valence-corrected chi connectivity index (χ2v) is 7.54. The molecule has 0 bridgehead atoms. The second-order valence-electron chi connectivity index (χ2n) is 7.54. The zero-order valence-corrected chi connectivity index (χ0v) is 18.7. The Hall–Kier alpha value is -3.19. The summed E-state index contributed by atoms with van der Waals surface area (Å²) in [5.74, 6) is 1.88. The van der Waals surface area contributed by atoms with Crippen molar-refractivity contribution in [3.05, 3.63) is 46.7 Å². The number of hydrogen-bond acceptors (Lipinski definition) is 6. The van der Waals surface area contributed by atoms with Crippen LogP contribution in [-0.2, 0) is 6.54 Å². The van der Waals surface area contributed by atoms with E-state index >= 15 is 0 Å². The van der Waals surface area contributed by atoms with E-state index in [1.807, 2.05) is 0 Å². The molecule has 0 aliphatic carbocycles. The molecule has 166 valence electrons. The molecule has 1 heterocycles. The maximum absolute atomic E-state index is 13.0. The normalized spacial score (nSPS) is 14.9. The van der Waals surface area contributed by atoms with Crippen molar-refractivity contribution in [1.29, 1.82) is 0 Å². The lowest BCUT2D eigenvalue weighted by molar-refractivity contribution is -0.894. The number of ether oxygens (including phenoxy) is 4. The van der Waals surface area contributed by atoms with E-state index in [9.17, 15) is 9.90 Å². The number of rotatable bonds is 9. The van der Waals surface area contributed by atoms with Crippen molar-refractivity contribution in [2.75, 3.05) is 34.9 Å². The summed E-state index contributed by atoms with van der Waals surface area (Å²) in [5.41, 5.74) is 1.71. The van der Waals surface area contributed by atoms with Crippen molar-refractivity contribution in [3.8, 4) is 28.7 Å². The number of carbonyl (C=O) groups excluding carboxylic acids is 1. The van der Waals surface area contributed by atoms with E-state index in [1.165, 1.54) is 19.1 Å². The molecule has 0 amide bonds. The second kappa shape index (κ2) is 9.75. The molecule has 1 atom stereocenters. The van der Waals surface area contributed by atoms with Crippen LogP contribution < -0.4 is 23.8 Å². The molecule has 0 aromatic heterocycles. The summed E-state index contributed by atoms with van der Waals surface area (Å²) in [4.78, 5) is 14.3. The number of quaternary nitrogens is 1. The SMILES string of the molecule is CCCC[NH+](C)Cc1c(O)ccc2c1O/C(=C\c1ccc(OC)c(OC)c1OC)C2=O. The van der Waals surface area contributed by atoms with E-state index in [1.54, 1.807) is 37.5 Å². The van der Waals surface area contributed by atoms with Crippen LogP contribution >= 0.6 is 0 Å². The van der Waals surface area contributed by atoms with Crippen LogP contribution in [-0.4, -0.2) is 45.8 Å². The minimum Gasteiger partial charge on any atom is -0.507 e.